The summed E-state index contributed by atoms with van der Waals surface area (Å²) in [5, 5.41) is 19.7. The number of nitriles is 1. The van der Waals surface area contributed by atoms with E-state index in [0.29, 0.717) is 23.4 Å². The number of aromatic amines is 1. The Bertz CT molecular complexity index is 936. The van der Waals surface area contributed by atoms with Crippen LogP contribution in [-0.4, -0.2) is 16.1 Å². The van der Waals surface area contributed by atoms with Crippen molar-refractivity contribution in [2.24, 2.45) is 0 Å². The van der Waals surface area contributed by atoms with E-state index in [-0.39, 0.29) is 6.42 Å². The number of halogens is 1. The van der Waals surface area contributed by atoms with Crippen molar-refractivity contribution in [1.29, 1.82) is 5.26 Å². The Morgan fingerprint density at radius 3 is 2.62 bits per heavy atom. The Labute approximate surface area is 144 Å². The van der Waals surface area contributed by atoms with Gasteiger partial charge in [-0.25, -0.2) is 0 Å². The maximum absolute atomic E-state index is 10.8. The van der Waals surface area contributed by atoms with E-state index in [9.17, 15) is 4.79 Å². The quantitative estimate of drug-likeness (QED) is 0.703. The number of carbonyl (C=O) groups is 1. The van der Waals surface area contributed by atoms with Gasteiger partial charge < -0.3 is 10.1 Å². The molecule has 120 valence electrons. The van der Waals surface area contributed by atoms with E-state index in [1.807, 2.05) is 36.4 Å². The van der Waals surface area contributed by atoms with Crippen molar-refractivity contribution in [1.82, 2.24) is 4.98 Å². The van der Waals surface area contributed by atoms with Gasteiger partial charge in [-0.1, -0.05) is 23.7 Å². The van der Waals surface area contributed by atoms with Crippen LogP contribution in [0.3, 0.4) is 0 Å². The topological polar surface area (TPSA) is 76.9 Å². The number of nitrogens with zero attached hydrogens (tertiary/aromatic N) is 1. The van der Waals surface area contributed by atoms with E-state index >= 15 is 0 Å². The first-order valence-electron chi connectivity index (χ1n) is 7.61. The van der Waals surface area contributed by atoms with Gasteiger partial charge in [-0.05, 0) is 54.3 Å². The zero-order valence-corrected chi connectivity index (χ0v) is 13.6. The molecule has 1 aromatic heterocycles. The minimum Gasteiger partial charge on any atom is -0.481 e. The molecule has 0 saturated heterocycles. The molecule has 0 spiro atoms. The van der Waals surface area contributed by atoms with Crippen LogP contribution in [0.2, 0.25) is 5.02 Å². The molecule has 3 rings (SSSR count). The Balaban J connectivity index is 2.10. The maximum atomic E-state index is 10.8. The average Bonchev–Trinajstić information content (AvgIpc) is 2.93. The molecule has 5 heteroatoms. The van der Waals surface area contributed by atoms with Gasteiger partial charge in [-0.3, -0.25) is 4.79 Å². The van der Waals surface area contributed by atoms with Crippen LogP contribution in [0.1, 0.15) is 24.0 Å². The van der Waals surface area contributed by atoms with Gasteiger partial charge in [-0.15, -0.1) is 0 Å². The van der Waals surface area contributed by atoms with Crippen LogP contribution in [0.25, 0.3) is 22.2 Å². The molecule has 2 aromatic carbocycles. The van der Waals surface area contributed by atoms with Crippen LogP contribution < -0.4 is 0 Å². The lowest BCUT2D eigenvalue weighted by Gasteiger charge is -2.05. The van der Waals surface area contributed by atoms with E-state index < -0.39 is 5.97 Å². The smallest absolute Gasteiger partial charge is 0.303 e. The number of fused-ring (bicyclic) bond motifs is 1. The lowest BCUT2D eigenvalue weighted by molar-refractivity contribution is -0.137. The summed E-state index contributed by atoms with van der Waals surface area (Å²) in [5.74, 6) is -0.805. The largest absolute Gasteiger partial charge is 0.481 e. The van der Waals surface area contributed by atoms with Crippen LogP contribution >= 0.6 is 11.6 Å². The normalized spacial score (nSPS) is 10.7. The van der Waals surface area contributed by atoms with Crippen LogP contribution in [-0.2, 0) is 11.2 Å². The van der Waals surface area contributed by atoms with E-state index in [1.54, 1.807) is 6.07 Å². The van der Waals surface area contributed by atoms with E-state index in [0.717, 1.165) is 27.7 Å². The second-order valence-corrected chi connectivity index (χ2v) is 6.04. The molecule has 0 amide bonds. The van der Waals surface area contributed by atoms with Crippen molar-refractivity contribution < 1.29 is 9.90 Å². The van der Waals surface area contributed by atoms with Crippen molar-refractivity contribution in [3.05, 3.63) is 58.6 Å². The van der Waals surface area contributed by atoms with Crippen molar-refractivity contribution in [2.75, 3.05) is 0 Å². The number of carboxylic acid groups (broad SMARTS) is 1. The Kier molecular flexibility index (Phi) is 4.54. The first kappa shape index (κ1) is 16.1. The summed E-state index contributed by atoms with van der Waals surface area (Å²) in [6.07, 6.45) is 1.28. The summed E-state index contributed by atoms with van der Waals surface area (Å²) in [4.78, 5) is 14.2. The van der Waals surface area contributed by atoms with Crippen LogP contribution in [0.15, 0.2) is 42.5 Å². The molecule has 0 atom stereocenters. The Hall–Kier alpha value is -2.77. The molecule has 0 unspecified atom stereocenters. The van der Waals surface area contributed by atoms with E-state index in [4.69, 9.17) is 22.0 Å². The van der Waals surface area contributed by atoms with E-state index in [2.05, 4.69) is 11.1 Å². The molecule has 1 heterocycles. The SMILES string of the molecule is N#Cc1ccc2[nH]c(-c3ccc(Cl)cc3)c(CCCC(=O)O)c2c1. The summed E-state index contributed by atoms with van der Waals surface area (Å²) in [5.41, 5.74) is 4.49. The molecule has 2 N–H and O–H groups in total. The number of benzene rings is 2. The van der Waals surface area contributed by atoms with Crippen molar-refractivity contribution >= 4 is 28.5 Å². The molecule has 0 saturated carbocycles. The fourth-order valence-corrected chi connectivity index (χ4v) is 2.98. The lowest BCUT2D eigenvalue weighted by atomic mass is 9.99. The zero-order valence-electron chi connectivity index (χ0n) is 12.8. The molecular weight excluding hydrogens is 324 g/mol. The fourth-order valence-electron chi connectivity index (χ4n) is 2.86. The van der Waals surface area contributed by atoms with E-state index in [1.165, 1.54) is 0 Å². The first-order chi connectivity index (χ1) is 11.6. The number of aliphatic carboxylic acids is 1. The predicted molar refractivity (Wildman–Crippen MR) is 94.0 cm³/mol. The number of hydrogen-bond donors (Lipinski definition) is 2. The Morgan fingerprint density at radius 1 is 1.21 bits per heavy atom. The molecule has 24 heavy (non-hydrogen) atoms. The van der Waals surface area contributed by atoms with Gasteiger partial charge >= 0.3 is 5.97 Å². The average molecular weight is 339 g/mol. The van der Waals surface area contributed by atoms with Crippen LogP contribution in [0.4, 0.5) is 0 Å². The van der Waals surface area contributed by atoms with Gasteiger partial charge in [0.15, 0.2) is 0 Å². The highest BCUT2D eigenvalue weighted by Gasteiger charge is 2.14. The van der Waals surface area contributed by atoms with Crippen LogP contribution in [0, 0.1) is 11.3 Å². The Morgan fingerprint density at radius 2 is 1.96 bits per heavy atom. The summed E-state index contributed by atoms with van der Waals surface area (Å²) in [6.45, 7) is 0. The molecular formula is C19H15ClN2O2. The summed E-state index contributed by atoms with van der Waals surface area (Å²) in [6, 6.07) is 15.2. The molecule has 0 aliphatic rings. The number of carboxylic acids is 1. The number of aryl methyl sites for hydroxylation is 1. The molecule has 0 radical (unpaired) electrons. The van der Waals surface area contributed by atoms with Gasteiger partial charge in [0.1, 0.15) is 0 Å². The van der Waals surface area contributed by atoms with Crippen molar-refractivity contribution in [3.8, 4) is 17.3 Å². The molecule has 4 nitrogen and oxygen atoms in total. The number of aromatic nitrogens is 1. The number of H-pyrrole nitrogens is 1. The van der Waals surface area contributed by atoms with Gasteiger partial charge in [0.25, 0.3) is 0 Å². The third-order valence-corrected chi connectivity index (χ3v) is 4.24. The van der Waals surface area contributed by atoms with Crippen molar-refractivity contribution in [2.45, 2.75) is 19.3 Å². The van der Waals surface area contributed by atoms with Crippen molar-refractivity contribution in [3.63, 3.8) is 0 Å². The van der Waals surface area contributed by atoms with Gasteiger partial charge in [-0.2, -0.15) is 5.26 Å². The highest BCUT2D eigenvalue weighted by molar-refractivity contribution is 6.30. The molecule has 0 fully saturated rings. The standard InChI is InChI=1S/C19H15ClN2O2/c20-14-7-5-13(6-8-14)19-15(2-1-3-18(23)24)16-10-12(11-21)4-9-17(16)22-19/h4-10,22H,1-3H2,(H,23,24). The summed E-state index contributed by atoms with van der Waals surface area (Å²) in [7, 11) is 0. The number of nitrogens with one attached hydrogen (secondary N) is 1. The highest BCUT2D eigenvalue weighted by atomic mass is 35.5. The third-order valence-electron chi connectivity index (χ3n) is 3.99. The molecule has 0 bridgehead atoms. The fraction of sp³-hybridized carbons (Fsp3) is 0.158. The zero-order chi connectivity index (χ0) is 17.1. The summed E-state index contributed by atoms with van der Waals surface area (Å²) >= 11 is 5.96. The second kappa shape index (κ2) is 6.77. The lowest BCUT2D eigenvalue weighted by Crippen LogP contribution is -1.96. The molecule has 0 aliphatic carbocycles. The highest BCUT2D eigenvalue weighted by Crippen LogP contribution is 2.32. The maximum Gasteiger partial charge on any atom is 0.303 e. The van der Waals surface area contributed by atoms with Gasteiger partial charge in [0.2, 0.25) is 0 Å². The first-order valence-corrected chi connectivity index (χ1v) is 7.98. The van der Waals surface area contributed by atoms with Crippen LogP contribution in [0.5, 0.6) is 0 Å². The predicted octanol–water partition coefficient (Wildman–Crippen LogP) is 4.77. The number of rotatable bonds is 5. The molecule has 3 aromatic rings. The van der Waals surface area contributed by atoms with Gasteiger partial charge in [0.05, 0.1) is 11.6 Å². The minimum absolute atomic E-state index is 0.116. The third kappa shape index (κ3) is 3.27. The monoisotopic (exact) mass is 338 g/mol. The minimum atomic E-state index is -0.805. The number of hydrogen-bond acceptors (Lipinski definition) is 2. The summed E-state index contributed by atoms with van der Waals surface area (Å²) < 4.78 is 0. The second-order valence-electron chi connectivity index (χ2n) is 5.60. The molecule has 0 aliphatic heterocycles. The van der Waals surface area contributed by atoms with Gasteiger partial charge in [0, 0.05) is 28.0 Å².